The van der Waals surface area contributed by atoms with Crippen molar-refractivity contribution in [3.63, 3.8) is 0 Å². The van der Waals surface area contributed by atoms with E-state index in [4.69, 9.17) is 0 Å². The van der Waals surface area contributed by atoms with Gasteiger partial charge in [0.2, 0.25) is 0 Å². The number of hydrogen-bond donors (Lipinski definition) is 0. The summed E-state index contributed by atoms with van der Waals surface area (Å²) in [5, 5.41) is 4.47. The topological polar surface area (TPSA) is 30.2 Å². The van der Waals surface area contributed by atoms with E-state index in [1.807, 2.05) is 16.8 Å². The Morgan fingerprint density at radius 1 is 1.07 bits per heavy atom. The molecule has 0 fully saturated rings. The molecule has 0 unspecified atom stereocenters. The van der Waals surface area contributed by atoms with Crippen molar-refractivity contribution in [2.24, 2.45) is 0 Å². The number of fused-ring (bicyclic) bond motifs is 1. The fourth-order valence-electron chi connectivity index (χ4n) is 1.52. The lowest BCUT2D eigenvalue weighted by Crippen LogP contribution is -1.96. The van der Waals surface area contributed by atoms with Gasteiger partial charge in [0.15, 0.2) is 5.65 Å². The van der Waals surface area contributed by atoms with Crippen molar-refractivity contribution in [1.29, 1.82) is 0 Å². The average Bonchev–Trinajstić information content (AvgIpc) is 2.59. The Kier molecular flexibility index (Phi) is 2.47. The third-order valence-corrected chi connectivity index (χ3v) is 2.55. The molecule has 15 heavy (non-hydrogen) atoms. The predicted octanol–water partition coefficient (Wildman–Crippen LogP) is 2.98. The Labute approximate surface area is 90.1 Å². The second-order valence-electron chi connectivity index (χ2n) is 4.53. The number of aromatic nitrogens is 3. The maximum Gasteiger partial charge on any atom is 0.155 e. The van der Waals surface area contributed by atoms with Crippen LogP contribution in [0.4, 0.5) is 0 Å². The van der Waals surface area contributed by atoms with Crippen LogP contribution in [0.15, 0.2) is 18.3 Å². The van der Waals surface area contributed by atoms with Crippen LogP contribution in [-0.4, -0.2) is 14.6 Å². The molecular formula is C12H17N3. The maximum atomic E-state index is 4.58. The zero-order valence-electron chi connectivity index (χ0n) is 9.73. The first-order valence-corrected chi connectivity index (χ1v) is 5.44. The summed E-state index contributed by atoms with van der Waals surface area (Å²) in [6, 6.07) is 4.10. The molecular weight excluding hydrogens is 186 g/mol. The highest BCUT2D eigenvalue weighted by Crippen LogP contribution is 2.16. The summed E-state index contributed by atoms with van der Waals surface area (Å²) < 4.78 is 1.85. The van der Waals surface area contributed by atoms with E-state index < -0.39 is 0 Å². The highest BCUT2D eigenvalue weighted by molar-refractivity contribution is 5.40. The Balaban J connectivity index is 2.52. The number of hydrogen-bond acceptors (Lipinski definition) is 2. The third kappa shape index (κ3) is 1.87. The van der Waals surface area contributed by atoms with E-state index >= 15 is 0 Å². The molecule has 0 saturated carbocycles. The normalized spacial score (nSPS) is 11.9. The minimum Gasteiger partial charge on any atom is -0.233 e. The fraction of sp³-hybridized carbons (Fsp3) is 0.500. The van der Waals surface area contributed by atoms with Crippen LogP contribution in [0.3, 0.4) is 0 Å². The lowest BCUT2D eigenvalue weighted by molar-refractivity contribution is 0.775. The molecule has 2 aromatic rings. The molecule has 0 N–H and O–H groups in total. The van der Waals surface area contributed by atoms with E-state index in [1.165, 1.54) is 0 Å². The van der Waals surface area contributed by atoms with Gasteiger partial charge in [0.25, 0.3) is 0 Å². The van der Waals surface area contributed by atoms with Gasteiger partial charge < -0.3 is 0 Å². The number of rotatable bonds is 2. The van der Waals surface area contributed by atoms with Crippen molar-refractivity contribution in [2.45, 2.75) is 39.5 Å². The summed E-state index contributed by atoms with van der Waals surface area (Å²) >= 11 is 0. The first kappa shape index (κ1) is 10.1. The molecule has 3 nitrogen and oxygen atoms in total. The van der Waals surface area contributed by atoms with Crippen LogP contribution in [0.25, 0.3) is 5.65 Å². The molecule has 0 saturated heterocycles. The van der Waals surface area contributed by atoms with Gasteiger partial charge in [0.05, 0.1) is 5.69 Å². The summed E-state index contributed by atoms with van der Waals surface area (Å²) in [5.41, 5.74) is 3.17. The van der Waals surface area contributed by atoms with E-state index in [-0.39, 0.29) is 0 Å². The second-order valence-corrected chi connectivity index (χ2v) is 4.53. The zero-order valence-corrected chi connectivity index (χ0v) is 9.73. The summed E-state index contributed by atoms with van der Waals surface area (Å²) in [6.45, 7) is 8.59. The standard InChI is InChI=1S/C12H17N3/c1-8(2)10-5-6-15-12(13-10)7-11(14-15)9(3)4/h5-9H,1-4H3. The van der Waals surface area contributed by atoms with Gasteiger partial charge in [0, 0.05) is 18.0 Å². The smallest absolute Gasteiger partial charge is 0.155 e. The van der Waals surface area contributed by atoms with Gasteiger partial charge >= 0.3 is 0 Å². The number of nitrogens with zero attached hydrogens (tertiary/aromatic N) is 3. The van der Waals surface area contributed by atoms with Gasteiger partial charge in [-0.3, -0.25) is 0 Å². The van der Waals surface area contributed by atoms with Gasteiger partial charge in [-0.1, -0.05) is 27.7 Å². The summed E-state index contributed by atoms with van der Waals surface area (Å²) in [6.07, 6.45) is 1.99. The van der Waals surface area contributed by atoms with Crippen LogP contribution < -0.4 is 0 Å². The van der Waals surface area contributed by atoms with Gasteiger partial charge in [-0.2, -0.15) is 5.10 Å². The van der Waals surface area contributed by atoms with Crippen LogP contribution in [0.1, 0.15) is 50.9 Å². The largest absolute Gasteiger partial charge is 0.233 e. The van der Waals surface area contributed by atoms with Crippen molar-refractivity contribution in [1.82, 2.24) is 14.6 Å². The minimum absolute atomic E-state index is 0.453. The third-order valence-electron chi connectivity index (χ3n) is 2.55. The first-order chi connectivity index (χ1) is 7.08. The van der Waals surface area contributed by atoms with E-state index in [0.717, 1.165) is 17.0 Å². The van der Waals surface area contributed by atoms with E-state index in [1.54, 1.807) is 0 Å². The lowest BCUT2D eigenvalue weighted by Gasteiger charge is -2.03. The molecule has 0 amide bonds. The molecule has 0 aliphatic carbocycles. The van der Waals surface area contributed by atoms with E-state index in [0.29, 0.717) is 11.8 Å². The van der Waals surface area contributed by atoms with Crippen LogP contribution in [0.5, 0.6) is 0 Å². The monoisotopic (exact) mass is 203 g/mol. The Morgan fingerprint density at radius 2 is 1.73 bits per heavy atom. The highest BCUT2D eigenvalue weighted by Gasteiger charge is 2.08. The van der Waals surface area contributed by atoms with Crippen LogP contribution in [0, 0.1) is 0 Å². The molecule has 0 spiro atoms. The summed E-state index contributed by atoms with van der Waals surface area (Å²) in [5.74, 6) is 0.918. The van der Waals surface area contributed by atoms with Crippen molar-refractivity contribution in [2.75, 3.05) is 0 Å². The molecule has 0 aliphatic heterocycles. The molecule has 0 aliphatic rings. The molecule has 2 rings (SSSR count). The quantitative estimate of drug-likeness (QED) is 0.751. The molecule has 0 aromatic carbocycles. The molecule has 2 heterocycles. The Morgan fingerprint density at radius 3 is 2.33 bits per heavy atom. The zero-order chi connectivity index (χ0) is 11.0. The summed E-state index contributed by atoms with van der Waals surface area (Å²) in [4.78, 5) is 4.58. The van der Waals surface area contributed by atoms with Crippen LogP contribution in [0.2, 0.25) is 0 Å². The van der Waals surface area contributed by atoms with Crippen molar-refractivity contribution < 1.29 is 0 Å². The molecule has 80 valence electrons. The Bertz CT molecular complexity index is 463. The fourth-order valence-corrected chi connectivity index (χ4v) is 1.52. The highest BCUT2D eigenvalue weighted by atomic mass is 15.2. The van der Waals surface area contributed by atoms with Gasteiger partial charge in [0.1, 0.15) is 0 Å². The minimum atomic E-state index is 0.453. The second kappa shape index (κ2) is 3.65. The predicted molar refractivity (Wildman–Crippen MR) is 61.2 cm³/mol. The van der Waals surface area contributed by atoms with Crippen LogP contribution >= 0.6 is 0 Å². The van der Waals surface area contributed by atoms with E-state index in [9.17, 15) is 0 Å². The lowest BCUT2D eigenvalue weighted by atomic mass is 10.1. The Hall–Kier alpha value is -1.38. The van der Waals surface area contributed by atoms with Crippen molar-refractivity contribution >= 4 is 5.65 Å². The molecule has 0 radical (unpaired) electrons. The van der Waals surface area contributed by atoms with Gasteiger partial charge in [-0.25, -0.2) is 9.50 Å². The molecule has 2 aromatic heterocycles. The first-order valence-electron chi connectivity index (χ1n) is 5.44. The average molecular weight is 203 g/mol. The van der Waals surface area contributed by atoms with Crippen molar-refractivity contribution in [3.05, 3.63) is 29.7 Å². The van der Waals surface area contributed by atoms with E-state index in [2.05, 4.69) is 43.8 Å². The summed E-state index contributed by atoms with van der Waals surface area (Å²) in [7, 11) is 0. The molecule has 0 atom stereocenters. The maximum absolute atomic E-state index is 4.58. The molecule has 3 heteroatoms. The van der Waals surface area contributed by atoms with Gasteiger partial charge in [-0.15, -0.1) is 0 Å². The molecule has 0 bridgehead atoms. The van der Waals surface area contributed by atoms with Crippen LogP contribution in [-0.2, 0) is 0 Å². The van der Waals surface area contributed by atoms with Crippen molar-refractivity contribution in [3.8, 4) is 0 Å². The van der Waals surface area contributed by atoms with Gasteiger partial charge in [-0.05, 0) is 17.9 Å². The SMILES string of the molecule is CC(C)c1ccn2nc(C(C)C)cc2n1.